The SMILES string of the molecule is CNC(=O)CCOc1c(C)cc(Br)cc1CNCCOC. The largest absolute Gasteiger partial charge is 0.492 e. The zero-order valence-electron chi connectivity index (χ0n) is 12.8. The molecule has 1 rings (SSSR count). The summed E-state index contributed by atoms with van der Waals surface area (Å²) in [5, 5.41) is 5.89. The van der Waals surface area contributed by atoms with Gasteiger partial charge >= 0.3 is 0 Å². The number of hydrogen-bond donors (Lipinski definition) is 2. The molecule has 118 valence electrons. The van der Waals surface area contributed by atoms with Crippen LogP contribution in [0.5, 0.6) is 5.75 Å². The van der Waals surface area contributed by atoms with Crippen molar-refractivity contribution in [1.82, 2.24) is 10.6 Å². The number of ether oxygens (including phenoxy) is 2. The fraction of sp³-hybridized carbons (Fsp3) is 0.533. The second kappa shape index (κ2) is 9.76. The lowest BCUT2D eigenvalue weighted by Gasteiger charge is -2.15. The Morgan fingerprint density at radius 2 is 2.10 bits per heavy atom. The van der Waals surface area contributed by atoms with Crippen molar-refractivity contribution >= 4 is 21.8 Å². The van der Waals surface area contributed by atoms with Gasteiger partial charge in [-0.15, -0.1) is 0 Å². The summed E-state index contributed by atoms with van der Waals surface area (Å²) in [6.07, 6.45) is 0.350. The second-order valence-corrected chi connectivity index (χ2v) is 5.57. The molecule has 0 aromatic heterocycles. The van der Waals surface area contributed by atoms with E-state index in [1.165, 1.54) is 0 Å². The average Bonchev–Trinajstić information content (AvgIpc) is 2.45. The van der Waals surface area contributed by atoms with Gasteiger partial charge < -0.3 is 20.1 Å². The minimum Gasteiger partial charge on any atom is -0.492 e. The summed E-state index contributed by atoms with van der Waals surface area (Å²) in [6.45, 7) is 4.50. The zero-order chi connectivity index (χ0) is 15.7. The van der Waals surface area contributed by atoms with Gasteiger partial charge in [0.1, 0.15) is 5.75 Å². The van der Waals surface area contributed by atoms with Gasteiger partial charge in [0.25, 0.3) is 0 Å². The van der Waals surface area contributed by atoms with Gasteiger partial charge in [-0.1, -0.05) is 15.9 Å². The highest BCUT2D eigenvalue weighted by atomic mass is 79.9. The first-order valence-corrected chi connectivity index (χ1v) is 7.69. The maximum atomic E-state index is 11.2. The lowest BCUT2D eigenvalue weighted by atomic mass is 10.1. The number of benzene rings is 1. The Hall–Kier alpha value is -1.11. The number of carbonyl (C=O) groups is 1. The molecule has 5 nitrogen and oxygen atoms in total. The van der Waals surface area contributed by atoms with Gasteiger partial charge in [-0.3, -0.25) is 4.79 Å². The molecule has 6 heteroatoms. The first-order chi connectivity index (χ1) is 10.1. The zero-order valence-corrected chi connectivity index (χ0v) is 14.4. The van der Waals surface area contributed by atoms with Crippen LogP contribution in [0.2, 0.25) is 0 Å². The smallest absolute Gasteiger partial charge is 0.223 e. The van der Waals surface area contributed by atoms with E-state index in [4.69, 9.17) is 9.47 Å². The molecule has 0 aliphatic heterocycles. The van der Waals surface area contributed by atoms with Crippen molar-refractivity contribution < 1.29 is 14.3 Å². The number of aryl methyl sites for hydroxylation is 1. The third-order valence-corrected chi connectivity index (χ3v) is 3.43. The standard InChI is InChI=1S/C15H23BrN2O3/c1-11-8-13(16)9-12(10-18-5-7-20-3)15(11)21-6-4-14(19)17-2/h8-9,18H,4-7,10H2,1-3H3,(H,17,19). The summed E-state index contributed by atoms with van der Waals surface area (Å²) < 4.78 is 11.8. The monoisotopic (exact) mass is 358 g/mol. The van der Waals surface area contributed by atoms with Crippen molar-refractivity contribution in [3.63, 3.8) is 0 Å². The molecule has 0 heterocycles. The Labute approximate surface area is 134 Å². The van der Waals surface area contributed by atoms with Crippen molar-refractivity contribution in [1.29, 1.82) is 0 Å². The van der Waals surface area contributed by atoms with Crippen molar-refractivity contribution in [2.45, 2.75) is 19.9 Å². The van der Waals surface area contributed by atoms with Gasteiger partial charge in [-0.05, 0) is 24.6 Å². The van der Waals surface area contributed by atoms with E-state index in [0.29, 0.717) is 26.2 Å². The third-order valence-electron chi connectivity index (χ3n) is 2.97. The molecule has 2 N–H and O–H groups in total. The molecular weight excluding hydrogens is 336 g/mol. The van der Waals surface area contributed by atoms with Crippen molar-refractivity contribution in [3.8, 4) is 5.75 Å². The van der Waals surface area contributed by atoms with E-state index in [1.807, 2.05) is 19.1 Å². The Morgan fingerprint density at radius 3 is 2.76 bits per heavy atom. The topological polar surface area (TPSA) is 59.6 Å². The van der Waals surface area contributed by atoms with E-state index in [-0.39, 0.29) is 5.91 Å². The molecule has 0 unspecified atom stereocenters. The molecule has 0 fully saturated rings. The van der Waals surface area contributed by atoms with E-state index in [1.54, 1.807) is 14.2 Å². The molecule has 1 aromatic rings. The minimum absolute atomic E-state index is 0.0236. The van der Waals surface area contributed by atoms with Crippen LogP contribution in [0.25, 0.3) is 0 Å². The number of nitrogens with one attached hydrogen (secondary N) is 2. The fourth-order valence-corrected chi connectivity index (χ4v) is 2.52. The number of methoxy groups -OCH3 is 1. The predicted molar refractivity (Wildman–Crippen MR) is 86.6 cm³/mol. The van der Waals surface area contributed by atoms with E-state index < -0.39 is 0 Å². The predicted octanol–water partition coefficient (Wildman–Crippen LogP) is 2.01. The van der Waals surface area contributed by atoms with E-state index >= 15 is 0 Å². The summed E-state index contributed by atoms with van der Waals surface area (Å²) in [4.78, 5) is 11.2. The van der Waals surface area contributed by atoms with Crippen LogP contribution in [0.4, 0.5) is 0 Å². The first kappa shape index (κ1) is 17.9. The molecule has 0 spiro atoms. The number of amides is 1. The van der Waals surface area contributed by atoms with Crippen LogP contribution in [0.15, 0.2) is 16.6 Å². The summed E-state index contributed by atoms with van der Waals surface area (Å²) in [6, 6.07) is 4.04. The molecule has 1 aromatic carbocycles. The van der Waals surface area contributed by atoms with Crippen LogP contribution in [0.3, 0.4) is 0 Å². The Morgan fingerprint density at radius 1 is 1.33 bits per heavy atom. The molecule has 0 aliphatic carbocycles. The molecule has 0 radical (unpaired) electrons. The Kier molecular flexibility index (Phi) is 8.34. The lowest BCUT2D eigenvalue weighted by Crippen LogP contribution is -2.21. The lowest BCUT2D eigenvalue weighted by molar-refractivity contribution is -0.121. The average molecular weight is 359 g/mol. The summed E-state index contributed by atoms with van der Waals surface area (Å²) >= 11 is 3.50. The second-order valence-electron chi connectivity index (χ2n) is 4.65. The van der Waals surface area contributed by atoms with Gasteiger partial charge in [0, 0.05) is 37.3 Å². The van der Waals surface area contributed by atoms with Crippen LogP contribution >= 0.6 is 15.9 Å². The minimum atomic E-state index is -0.0236. The molecule has 21 heavy (non-hydrogen) atoms. The first-order valence-electron chi connectivity index (χ1n) is 6.90. The highest BCUT2D eigenvalue weighted by Crippen LogP contribution is 2.28. The van der Waals surface area contributed by atoms with Crippen LogP contribution in [-0.2, 0) is 16.1 Å². The van der Waals surface area contributed by atoms with Crippen LogP contribution in [-0.4, -0.2) is 39.8 Å². The Balaban J connectivity index is 2.68. The van der Waals surface area contributed by atoms with Crippen molar-refractivity contribution in [2.24, 2.45) is 0 Å². The quantitative estimate of drug-likeness (QED) is 0.663. The summed E-state index contributed by atoms with van der Waals surface area (Å²) in [5.41, 5.74) is 2.11. The summed E-state index contributed by atoms with van der Waals surface area (Å²) in [7, 11) is 3.30. The maximum Gasteiger partial charge on any atom is 0.223 e. The molecule has 0 atom stereocenters. The van der Waals surface area contributed by atoms with Crippen molar-refractivity contribution in [3.05, 3.63) is 27.7 Å². The van der Waals surface area contributed by atoms with Gasteiger partial charge in [0.15, 0.2) is 0 Å². The summed E-state index contributed by atoms with van der Waals surface area (Å²) in [5.74, 6) is 0.816. The van der Waals surface area contributed by atoms with Gasteiger partial charge in [0.2, 0.25) is 5.91 Å². The number of rotatable bonds is 9. The normalized spacial score (nSPS) is 10.5. The van der Waals surface area contributed by atoms with E-state index in [9.17, 15) is 4.79 Å². The molecule has 0 aliphatic rings. The molecule has 0 saturated heterocycles. The van der Waals surface area contributed by atoms with E-state index in [0.717, 1.165) is 27.9 Å². The number of halogens is 1. The molecule has 0 saturated carbocycles. The fourth-order valence-electron chi connectivity index (χ4n) is 1.91. The highest BCUT2D eigenvalue weighted by molar-refractivity contribution is 9.10. The van der Waals surface area contributed by atoms with E-state index in [2.05, 4.69) is 26.6 Å². The molecule has 1 amide bonds. The van der Waals surface area contributed by atoms with Crippen LogP contribution < -0.4 is 15.4 Å². The third kappa shape index (κ3) is 6.46. The van der Waals surface area contributed by atoms with Gasteiger partial charge in [0.05, 0.1) is 19.6 Å². The van der Waals surface area contributed by atoms with Crippen LogP contribution in [0.1, 0.15) is 17.5 Å². The highest BCUT2D eigenvalue weighted by Gasteiger charge is 2.10. The number of hydrogen-bond acceptors (Lipinski definition) is 4. The molecule has 0 bridgehead atoms. The van der Waals surface area contributed by atoms with Crippen LogP contribution in [0, 0.1) is 6.92 Å². The Bertz CT molecular complexity index is 466. The van der Waals surface area contributed by atoms with Gasteiger partial charge in [-0.25, -0.2) is 0 Å². The molecular formula is C15H23BrN2O3. The van der Waals surface area contributed by atoms with Crippen molar-refractivity contribution in [2.75, 3.05) is 33.9 Å². The number of carbonyl (C=O) groups excluding carboxylic acids is 1. The van der Waals surface area contributed by atoms with Gasteiger partial charge in [-0.2, -0.15) is 0 Å². The maximum absolute atomic E-state index is 11.2.